The minimum Gasteiger partial charge on any atom is -0.257 e. The normalized spacial score (nSPS) is 11.5. The van der Waals surface area contributed by atoms with Crippen LogP contribution in [0.5, 0.6) is 0 Å². The lowest BCUT2D eigenvalue weighted by molar-refractivity contribution is 1.10. The average molecular weight is 599 g/mol. The summed E-state index contributed by atoms with van der Waals surface area (Å²) in [6, 6.07) is 26.0. The van der Waals surface area contributed by atoms with E-state index in [-0.39, 0.29) is 0 Å². The number of fused-ring (bicyclic) bond motifs is 2. The SMILES string of the molecule is Cc1ccnc(-c2c(C)nc(C)c(-c3c4ccccc4c(-c4c(C)nc(C)c(-c5cc(C)ccn5)c4C)c4ccccc34)c2C)c1. The Bertz CT molecular complexity index is 2130. The summed E-state index contributed by atoms with van der Waals surface area (Å²) < 4.78 is 0. The fraction of sp³-hybridized carbons (Fsp3) is 0.190. The lowest BCUT2D eigenvalue weighted by atomic mass is 9.81. The smallest absolute Gasteiger partial charge is 0.0725 e. The Morgan fingerprint density at radius 1 is 0.370 bits per heavy atom. The second-order valence-corrected chi connectivity index (χ2v) is 12.6. The van der Waals surface area contributed by atoms with E-state index in [1.807, 2.05) is 24.5 Å². The molecule has 0 spiro atoms. The van der Waals surface area contributed by atoms with Crippen LogP contribution in [0.15, 0.2) is 85.2 Å². The van der Waals surface area contributed by atoms with E-state index in [2.05, 4.69) is 116 Å². The van der Waals surface area contributed by atoms with Gasteiger partial charge in [-0.15, -0.1) is 0 Å². The minimum atomic E-state index is 0.961. The minimum absolute atomic E-state index is 0.961. The van der Waals surface area contributed by atoms with E-state index < -0.39 is 0 Å². The number of pyridine rings is 4. The van der Waals surface area contributed by atoms with E-state index in [0.29, 0.717) is 0 Å². The van der Waals surface area contributed by atoms with Crippen LogP contribution in [0.4, 0.5) is 0 Å². The summed E-state index contributed by atoms with van der Waals surface area (Å²) >= 11 is 0. The van der Waals surface area contributed by atoms with Gasteiger partial charge in [-0.2, -0.15) is 0 Å². The summed E-state index contributed by atoms with van der Waals surface area (Å²) in [7, 11) is 0. The van der Waals surface area contributed by atoms with Gasteiger partial charge >= 0.3 is 0 Å². The van der Waals surface area contributed by atoms with Crippen molar-refractivity contribution >= 4 is 21.5 Å². The molecule has 4 nitrogen and oxygen atoms in total. The zero-order valence-electron chi connectivity index (χ0n) is 27.9. The zero-order chi connectivity index (χ0) is 32.3. The Kier molecular flexibility index (Phi) is 7.24. The summed E-state index contributed by atoms with van der Waals surface area (Å²) in [5.74, 6) is 0. The molecule has 0 aliphatic carbocycles. The van der Waals surface area contributed by atoms with Gasteiger partial charge in [0.25, 0.3) is 0 Å². The Labute approximate surface area is 271 Å². The van der Waals surface area contributed by atoms with Crippen molar-refractivity contribution in [1.29, 1.82) is 0 Å². The number of hydrogen-bond acceptors (Lipinski definition) is 4. The third-order valence-corrected chi connectivity index (χ3v) is 9.39. The van der Waals surface area contributed by atoms with Gasteiger partial charge in [-0.05, 0) is 135 Å². The van der Waals surface area contributed by atoms with Gasteiger partial charge in [-0.1, -0.05) is 48.5 Å². The molecule has 0 N–H and O–H groups in total. The number of rotatable bonds is 4. The van der Waals surface area contributed by atoms with Crippen molar-refractivity contribution in [3.63, 3.8) is 0 Å². The molecule has 0 atom stereocenters. The first-order valence-electron chi connectivity index (χ1n) is 15.9. The predicted molar refractivity (Wildman–Crippen MR) is 192 cm³/mol. The van der Waals surface area contributed by atoms with Crippen LogP contribution < -0.4 is 0 Å². The molecule has 0 aliphatic heterocycles. The standard InChI is InChI=1S/C42H38N4/c1-23-17-19-43-35(21-23)37-25(3)39(29(7)45-27(37)5)41-31-13-9-11-15-33(31)42(34-16-12-10-14-32(34)41)40-26(4)38(28(6)46-30(40)8)36-22-24(2)18-20-44-36/h9-22H,1-8H3. The summed E-state index contributed by atoms with van der Waals surface area (Å²) in [6.07, 6.45) is 3.78. The first-order valence-corrected chi connectivity index (χ1v) is 15.9. The van der Waals surface area contributed by atoms with E-state index in [4.69, 9.17) is 19.9 Å². The summed E-state index contributed by atoms with van der Waals surface area (Å²) in [5.41, 5.74) is 17.7. The molecule has 0 aliphatic rings. The van der Waals surface area contributed by atoms with Gasteiger partial charge in [0.15, 0.2) is 0 Å². The van der Waals surface area contributed by atoms with Crippen LogP contribution in [0.1, 0.15) is 45.0 Å². The fourth-order valence-electron chi connectivity index (χ4n) is 7.57. The average Bonchev–Trinajstić information content (AvgIpc) is 3.01. The van der Waals surface area contributed by atoms with Crippen LogP contribution in [0.3, 0.4) is 0 Å². The molecule has 0 amide bonds. The molecule has 0 fully saturated rings. The maximum absolute atomic E-state index is 5.14. The van der Waals surface area contributed by atoms with Crippen LogP contribution >= 0.6 is 0 Å². The number of hydrogen-bond donors (Lipinski definition) is 0. The third-order valence-electron chi connectivity index (χ3n) is 9.39. The molecular formula is C42H38N4. The third kappa shape index (κ3) is 4.68. The van der Waals surface area contributed by atoms with Crippen molar-refractivity contribution < 1.29 is 0 Å². The van der Waals surface area contributed by atoms with Crippen LogP contribution in [0, 0.1) is 55.4 Å². The first kappa shape index (κ1) is 29.5. The zero-order valence-corrected chi connectivity index (χ0v) is 27.9. The molecule has 0 radical (unpaired) electrons. The van der Waals surface area contributed by atoms with E-state index in [9.17, 15) is 0 Å². The van der Waals surface area contributed by atoms with Crippen LogP contribution in [-0.4, -0.2) is 19.9 Å². The Morgan fingerprint density at radius 2 is 0.696 bits per heavy atom. The van der Waals surface area contributed by atoms with Crippen LogP contribution in [0.2, 0.25) is 0 Å². The molecule has 0 bridgehead atoms. The Balaban J connectivity index is 1.61. The molecule has 7 rings (SSSR count). The van der Waals surface area contributed by atoms with Gasteiger partial charge in [0.2, 0.25) is 0 Å². The van der Waals surface area contributed by atoms with Crippen molar-refractivity contribution in [3.8, 4) is 44.8 Å². The number of aromatic nitrogens is 4. The fourth-order valence-corrected chi connectivity index (χ4v) is 7.57. The molecule has 4 aromatic heterocycles. The monoisotopic (exact) mass is 598 g/mol. The van der Waals surface area contributed by atoms with Gasteiger partial charge in [0.05, 0.1) is 11.4 Å². The molecule has 4 heterocycles. The predicted octanol–water partition coefficient (Wildman–Crippen LogP) is 10.7. The van der Waals surface area contributed by atoms with Crippen molar-refractivity contribution in [1.82, 2.24) is 19.9 Å². The van der Waals surface area contributed by atoms with Crippen molar-refractivity contribution in [3.05, 3.63) is 130 Å². The maximum atomic E-state index is 5.14. The summed E-state index contributed by atoms with van der Waals surface area (Å²) in [5, 5.41) is 4.80. The molecular weight excluding hydrogens is 560 g/mol. The highest BCUT2D eigenvalue weighted by molar-refractivity contribution is 6.22. The molecule has 0 unspecified atom stereocenters. The quantitative estimate of drug-likeness (QED) is 0.189. The molecule has 4 heteroatoms. The molecule has 0 saturated carbocycles. The number of benzene rings is 3. The highest BCUT2D eigenvalue weighted by Crippen LogP contribution is 2.48. The summed E-state index contributed by atoms with van der Waals surface area (Å²) in [4.78, 5) is 19.9. The van der Waals surface area contributed by atoms with Gasteiger partial charge < -0.3 is 0 Å². The molecule has 3 aromatic carbocycles. The van der Waals surface area contributed by atoms with Crippen LogP contribution in [0.25, 0.3) is 66.3 Å². The van der Waals surface area contributed by atoms with Crippen LogP contribution in [-0.2, 0) is 0 Å². The Hall–Kier alpha value is -5.22. The van der Waals surface area contributed by atoms with E-state index in [1.54, 1.807) is 0 Å². The van der Waals surface area contributed by atoms with E-state index >= 15 is 0 Å². The van der Waals surface area contributed by atoms with Gasteiger partial charge in [0, 0.05) is 57.4 Å². The van der Waals surface area contributed by atoms with Crippen molar-refractivity contribution in [2.24, 2.45) is 0 Å². The highest BCUT2D eigenvalue weighted by atomic mass is 14.7. The Morgan fingerprint density at radius 3 is 1.02 bits per heavy atom. The maximum Gasteiger partial charge on any atom is 0.0725 e. The lowest BCUT2D eigenvalue weighted by Crippen LogP contribution is -2.04. The van der Waals surface area contributed by atoms with Crippen molar-refractivity contribution in [2.75, 3.05) is 0 Å². The molecule has 0 saturated heterocycles. The second-order valence-electron chi connectivity index (χ2n) is 12.6. The van der Waals surface area contributed by atoms with Crippen molar-refractivity contribution in [2.45, 2.75) is 55.4 Å². The second kappa shape index (κ2) is 11.3. The largest absolute Gasteiger partial charge is 0.257 e. The topological polar surface area (TPSA) is 51.6 Å². The van der Waals surface area contributed by atoms with E-state index in [0.717, 1.165) is 45.3 Å². The molecule has 226 valence electrons. The molecule has 46 heavy (non-hydrogen) atoms. The number of aryl methyl sites for hydroxylation is 6. The lowest BCUT2D eigenvalue weighted by Gasteiger charge is -2.24. The summed E-state index contributed by atoms with van der Waals surface area (Å²) in [6.45, 7) is 17.2. The first-order chi connectivity index (χ1) is 22.2. The number of nitrogens with zero attached hydrogens (tertiary/aromatic N) is 4. The van der Waals surface area contributed by atoms with Gasteiger partial charge in [0.1, 0.15) is 0 Å². The highest BCUT2D eigenvalue weighted by Gasteiger charge is 2.25. The van der Waals surface area contributed by atoms with Gasteiger partial charge in [-0.3, -0.25) is 19.9 Å². The molecule has 7 aromatic rings. The van der Waals surface area contributed by atoms with E-state index in [1.165, 1.54) is 66.1 Å². The van der Waals surface area contributed by atoms with Gasteiger partial charge in [-0.25, -0.2) is 0 Å².